The average Bonchev–Trinajstić information content (AvgIpc) is 2.30. The van der Waals surface area contributed by atoms with Gasteiger partial charge in [0, 0.05) is 11.6 Å². The maximum Gasteiger partial charge on any atom is 0.132 e. The molecule has 1 aromatic rings. The van der Waals surface area contributed by atoms with Crippen molar-refractivity contribution >= 4 is 11.5 Å². The van der Waals surface area contributed by atoms with E-state index in [4.69, 9.17) is 5.73 Å². The van der Waals surface area contributed by atoms with E-state index in [1.54, 1.807) is 6.92 Å². The number of hydrogen-bond acceptors (Lipinski definition) is 2. The van der Waals surface area contributed by atoms with Gasteiger partial charge in [0.05, 0.1) is 0 Å². The molecule has 0 saturated heterocycles. The van der Waals surface area contributed by atoms with Crippen LogP contribution in [0.5, 0.6) is 0 Å². The Kier molecular flexibility index (Phi) is 3.28. The van der Waals surface area contributed by atoms with Crippen molar-refractivity contribution in [1.29, 1.82) is 0 Å². The monoisotopic (exact) mass is 217 g/mol. The molecular weight excluding hydrogens is 198 g/mol. The van der Waals surface area contributed by atoms with Crippen LogP contribution >= 0.6 is 0 Å². The molecule has 2 nitrogen and oxygen atoms in total. The van der Waals surface area contributed by atoms with Crippen LogP contribution in [0.25, 0.3) is 0 Å². The SMILES string of the molecule is CC(=O)C1CCC(c2ccccc2N)CC1. The lowest BCUT2D eigenvalue weighted by atomic mass is 9.77. The van der Waals surface area contributed by atoms with Crippen molar-refractivity contribution in [2.24, 2.45) is 5.92 Å². The van der Waals surface area contributed by atoms with E-state index in [2.05, 4.69) is 6.07 Å². The van der Waals surface area contributed by atoms with Crippen LogP contribution in [0, 0.1) is 5.92 Å². The summed E-state index contributed by atoms with van der Waals surface area (Å²) in [7, 11) is 0. The van der Waals surface area contributed by atoms with Crippen LogP contribution in [0.4, 0.5) is 5.69 Å². The number of Topliss-reactive ketones (excluding diaryl/α,β-unsaturated/α-hetero) is 1. The van der Waals surface area contributed by atoms with Gasteiger partial charge >= 0.3 is 0 Å². The molecule has 0 unspecified atom stereocenters. The van der Waals surface area contributed by atoms with Gasteiger partial charge in [-0.1, -0.05) is 18.2 Å². The second-order valence-electron chi connectivity index (χ2n) is 4.79. The molecule has 0 aromatic heterocycles. The standard InChI is InChI=1S/C14H19NO/c1-10(16)11-6-8-12(9-7-11)13-4-2-3-5-14(13)15/h2-5,11-12H,6-9,15H2,1H3. The first-order valence-corrected chi connectivity index (χ1v) is 6.03. The lowest BCUT2D eigenvalue weighted by Gasteiger charge is -2.28. The number of carbonyl (C=O) groups is 1. The zero-order valence-corrected chi connectivity index (χ0v) is 9.78. The number of benzene rings is 1. The minimum Gasteiger partial charge on any atom is -0.398 e. The van der Waals surface area contributed by atoms with Crippen molar-refractivity contribution in [2.45, 2.75) is 38.5 Å². The first kappa shape index (κ1) is 11.2. The molecule has 2 heteroatoms. The van der Waals surface area contributed by atoms with Crippen molar-refractivity contribution in [2.75, 3.05) is 5.73 Å². The van der Waals surface area contributed by atoms with Gasteiger partial charge in [-0.05, 0) is 50.2 Å². The lowest BCUT2D eigenvalue weighted by Crippen LogP contribution is -2.19. The zero-order valence-electron chi connectivity index (χ0n) is 9.78. The summed E-state index contributed by atoms with van der Waals surface area (Å²) in [6.07, 6.45) is 4.24. The van der Waals surface area contributed by atoms with E-state index in [9.17, 15) is 4.79 Å². The predicted octanol–water partition coefficient (Wildman–Crippen LogP) is 3.13. The Hall–Kier alpha value is -1.31. The minimum absolute atomic E-state index is 0.293. The van der Waals surface area contributed by atoms with E-state index < -0.39 is 0 Å². The molecule has 1 fully saturated rings. The Morgan fingerprint density at radius 1 is 1.19 bits per heavy atom. The molecule has 1 saturated carbocycles. The molecular formula is C14H19NO. The van der Waals surface area contributed by atoms with Gasteiger partial charge in [0.15, 0.2) is 0 Å². The van der Waals surface area contributed by atoms with E-state index in [-0.39, 0.29) is 0 Å². The molecule has 1 aliphatic rings. The van der Waals surface area contributed by atoms with Crippen LogP contribution in [0.15, 0.2) is 24.3 Å². The Morgan fingerprint density at radius 2 is 1.81 bits per heavy atom. The minimum atomic E-state index is 0.293. The van der Waals surface area contributed by atoms with Crippen molar-refractivity contribution in [3.8, 4) is 0 Å². The number of para-hydroxylation sites is 1. The molecule has 0 bridgehead atoms. The topological polar surface area (TPSA) is 43.1 Å². The molecule has 86 valence electrons. The van der Waals surface area contributed by atoms with Crippen LogP contribution in [0.3, 0.4) is 0 Å². The third-order valence-electron chi connectivity index (χ3n) is 3.74. The quantitative estimate of drug-likeness (QED) is 0.773. The number of rotatable bonds is 2. The fourth-order valence-electron chi connectivity index (χ4n) is 2.69. The highest BCUT2D eigenvalue weighted by Gasteiger charge is 2.25. The molecule has 0 spiro atoms. The highest BCUT2D eigenvalue weighted by Crippen LogP contribution is 2.37. The van der Waals surface area contributed by atoms with Gasteiger partial charge in [-0.15, -0.1) is 0 Å². The van der Waals surface area contributed by atoms with Gasteiger partial charge in [0.1, 0.15) is 5.78 Å². The fourth-order valence-corrected chi connectivity index (χ4v) is 2.69. The third-order valence-corrected chi connectivity index (χ3v) is 3.74. The van der Waals surface area contributed by atoms with E-state index in [0.29, 0.717) is 17.6 Å². The van der Waals surface area contributed by atoms with E-state index in [0.717, 1.165) is 31.4 Å². The highest BCUT2D eigenvalue weighted by atomic mass is 16.1. The maximum atomic E-state index is 11.3. The van der Waals surface area contributed by atoms with Crippen molar-refractivity contribution < 1.29 is 4.79 Å². The number of anilines is 1. The molecule has 0 atom stereocenters. The molecule has 0 amide bonds. The largest absolute Gasteiger partial charge is 0.398 e. The number of nitrogens with two attached hydrogens (primary N) is 1. The third kappa shape index (κ3) is 2.26. The Morgan fingerprint density at radius 3 is 2.38 bits per heavy atom. The highest BCUT2D eigenvalue weighted by molar-refractivity contribution is 5.78. The molecule has 2 N–H and O–H groups in total. The molecule has 1 aliphatic carbocycles. The summed E-state index contributed by atoms with van der Waals surface area (Å²) < 4.78 is 0. The Bertz CT molecular complexity index is 378. The summed E-state index contributed by atoms with van der Waals surface area (Å²) in [5.41, 5.74) is 8.14. The van der Waals surface area contributed by atoms with Crippen molar-refractivity contribution in [1.82, 2.24) is 0 Å². The fraction of sp³-hybridized carbons (Fsp3) is 0.500. The second-order valence-corrected chi connectivity index (χ2v) is 4.79. The predicted molar refractivity (Wildman–Crippen MR) is 66.2 cm³/mol. The summed E-state index contributed by atoms with van der Waals surface area (Å²) in [6, 6.07) is 8.10. The van der Waals surface area contributed by atoms with E-state index in [1.165, 1.54) is 5.56 Å². The van der Waals surface area contributed by atoms with Gasteiger partial charge < -0.3 is 5.73 Å². The summed E-state index contributed by atoms with van der Waals surface area (Å²) >= 11 is 0. The van der Waals surface area contributed by atoms with Gasteiger partial charge in [-0.2, -0.15) is 0 Å². The summed E-state index contributed by atoms with van der Waals surface area (Å²) in [4.78, 5) is 11.3. The molecule has 16 heavy (non-hydrogen) atoms. The maximum absolute atomic E-state index is 11.3. The van der Waals surface area contributed by atoms with Crippen LogP contribution < -0.4 is 5.73 Å². The zero-order chi connectivity index (χ0) is 11.5. The number of carbonyl (C=O) groups excluding carboxylic acids is 1. The van der Waals surface area contributed by atoms with Gasteiger partial charge in [0.2, 0.25) is 0 Å². The molecule has 0 radical (unpaired) electrons. The summed E-state index contributed by atoms with van der Waals surface area (Å²) in [5, 5.41) is 0. The molecule has 1 aromatic carbocycles. The number of nitrogen functional groups attached to an aromatic ring is 1. The van der Waals surface area contributed by atoms with Crippen LogP contribution in [-0.4, -0.2) is 5.78 Å². The summed E-state index contributed by atoms with van der Waals surface area (Å²) in [6.45, 7) is 1.71. The summed E-state index contributed by atoms with van der Waals surface area (Å²) in [5.74, 6) is 1.19. The smallest absolute Gasteiger partial charge is 0.132 e. The van der Waals surface area contributed by atoms with Gasteiger partial charge in [-0.25, -0.2) is 0 Å². The molecule has 2 rings (SSSR count). The van der Waals surface area contributed by atoms with Crippen LogP contribution in [0.2, 0.25) is 0 Å². The van der Waals surface area contributed by atoms with Gasteiger partial charge in [-0.3, -0.25) is 4.79 Å². The average molecular weight is 217 g/mol. The Labute approximate surface area is 96.8 Å². The Balaban J connectivity index is 2.05. The van der Waals surface area contributed by atoms with Gasteiger partial charge in [0.25, 0.3) is 0 Å². The number of ketones is 1. The molecule has 0 aliphatic heterocycles. The normalized spacial score (nSPS) is 25.3. The number of hydrogen-bond donors (Lipinski definition) is 1. The molecule has 0 heterocycles. The first-order chi connectivity index (χ1) is 7.68. The van der Waals surface area contributed by atoms with Crippen LogP contribution in [-0.2, 0) is 4.79 Å². The van der Waals surface area contributed by atoms with Crippen molar-refractivity contribution in [3.05, 3.63) is 29.8 Å². The second kappa shape index (κ2) is 4.69. The van der Waals surface area contributed by atoms with Crippen molar-refractivity contribution in [3.63, 3.8) is 0 Å². The lowest BCUT2D eigenvalue weighted by molar-refractivity contribution is -0.121. The van der Waals surface area contributed by atoms with E-state index >= 15 is 0 Å². The van der Waals surface area contributed by atoms with Crippen LogP contribution in [0.1, 0.15) is 44.1 Å². The first-order valence-electron chi connectivity index (χ1n) is 6.03. The van der Waals surface area contributed by atoms with E-state index in [1.807, 2.05) is 18.2 Å².